The first kappa shape index (κ1) is 22.4. The molecule has 6 rings (SSSR count). The summed E-state index contributed by atoms with van der Waals surface area (Å²) in [5, 5.41) is 15.6. The third-order valence-electron chi connectivity index (χ3n) is 6.27. The molecule has 36 heavy (non-hydrogen) atoms. The number of halogens is 3. The zero-order valence-corrected chi connectivity index (χ0v) is 19.0. The average Bonchev–Trinajstić information content (AvgIpc) is 3.54. The molecule has 0 spiro atoms. The van der Waals surface area contributed by atoms with Crippen molar-refractivity contribution in [3.63, 3.8) is 0 Å². The molecule has 1 N–H and O–H groups in total. The van der Waals surface area contributed by atoms with Crippen LogP contribution in [0.5, 0.6) is 5.88 Å². The Bertz CT molecular complexity index is 1540. The Hall–Kier alpha value is -4.05. The van der Waals surface area contributed by atoms with Gasteiger partial charge in [0.05, 0.1) is 11.4 Å². The molecule has 182 valence electrons. The standard InChI is InChI=1S/C26H21F3N6O/c27-26(28,29)25-33-32-23-19-11-4-5-12-20(19)24(34-35(23)25)36-15-18-10-6-9-17(31-18)14-30-22-13-21(22)16-7-2-1-3-8-16/h1-12,21-22,30H,13-15H2/t21-,22?/m0/s1. The molecule has 0 amide bonds. The van der Waals surface area contributed by atoms with Gasteiger partial charge in [0, 0.05) is 29.3 Å². The van der Waals surface area contributed by atoms with Crippen LogP contribution < -0.4 is 10.1 Å². The highest BCUT2D eigenvalue weighted by Crippen LogP contribution is 2.40. The van der Waals surface area contributed by atoms with Gasteiger partial charge in [0.15, 0.2) is 5.65 Å². The number of benzene rings is 2. The first-order chi connectivity index (χ1) is 17.5. The second-order valence-corrected chi connectivity index (χ2v) is 8.76. The maximum atomic E-state index is 13.4. The lowest BCUT2D eigenvalue weighted by Gasteiger charge is -2.11. The van der Waals surface area contributed by atoms with Crippen LogP contribution in [0.15, 0.2) is 72.8 Å². The van der Waals surface area contributed by atoms with Crippen molar-refractivity contribution in [1.82, 2.24) is 30.1 Å². The van der Waals surface area contributed by atoms with E-state index in [2.05, 4.69) is 49.9 Å². The smallest absolute Gasteiger partial charge is 0.453 e. The number of pyridine rings is 1. The summed E-state index contributed by atoms with van der Waals surface area (Å²) >= 11 is 0. The minimum Gasteiger partial charge on any atom is -0.470 e. The SMILES string of the molecule is FC(F)(F)c1nnc2c3ccccc3c(OCc3cccc(CNC4C[C@H]4c4ccccc4)n3)nn12. The first-order valence-electron chi connectivity index (χ1n) is 11.5. The van der Waals surface area contributed by atoms with E-state index in [0.29, 0.717) is 39.5 Å². The summed E-state index contributed by atoms with van der Waals surface area (Å²) in [6.45, 7) is 0.667. The Morgan fingerprint density at radius 1 is 0.889 bits per heavy atom. The molecule has 0 radical (unpaired) electrons. The Labute approximate surface area is 204 Å². The summed E-state index contributed by atoms with van der Waals surface area (Å²) < 4.78 is 46.8. The fourth-order valence-corrected chi connectivity index (χ4v) is 4.41. The number of aromatic nitrogens is 5. The fraction of sp³-hybridized carbons (Fsp3) is 0.231. The minimum atomic E-state index is -4.70. The van der Waals surface area contributed by atoms with E-state index in [1.54, 1.807) is 24.3 Å². The molecule has 3 heterocycles. The van der Waals surface area contributed by atoms with Gasteiger partial charge in [0.25, 0.3) is 5.82 Å². The van der Waals surface area contributed by atoms with Crippen molar-refractivity contribution in [3.05, 3.63) is 95.6 Å². The number of rotatable bonds is 7. The van der Waals surface area contributed by atoms with Gasteiger partial charge >= 0.3 is 6.18 Å². The normalized spacial score (nSPS) is 17.5. The molecule has 5 aromatic rings. The van der Waals surface area contributed by atoms with Crippen LogP contribution in [0.25, 0.3) is 16.4 Å². The van der Waals surface area contributed by atoms with E-state index >= 15 is 0 Å². The van der Waals surface area contributed by atoms with E-state index in [0.717, 1.165) is 12.1 Å². The molecular weight excluding hydrogens is 469 g/mol. The second kappa shape index (κ2) is 8.87. The van der Waals surface area contributed by atoms with Crippen LogP contribution in [0.4, 0.5) is 13.2 Å². The summed E-state index contributed by atoms with van der Waals surface area (Å²) in [7, 11) is 0. The van der Waals surface area contributed by atoms with Gasteiger partial charge in [-0.2, -0.15) is 17.7 Å². The number of ether oxygens (including phenoxy) is 1. The van der Waals surface area contributed by atoms with Crippen LogP contribution in [0.1, 0.15) is 35.1 Å². The summed E-state index contributed by atoms with van der Waals surface area (Å²) in [6, 6.07) is 23.4. The Morgan fingerprint density at radius 3 is 2.44 bits per heavy atom. The van der Waals surface area contributed by atoms with Crippen LogP contribution in [0.2, 0.25) is 0 Å². The van der Waals surface area contributed by atoms with Crippen LogP contribution in [-0.4, -0.2) is 30.8 Å². The molecule has 1 fully saturated rings. The largest absolute Gasteiger partial charge is 0.470 e. The lowest BCUT2D eigenvalue weighted by Crippen LogP contribution is -2.18. The van der Waals surface area contributed by atoms with Crippen molar-refractivity contribution in [1.29, 1.82) is 0 Å². The number of hydrogen-bond acceptors (Lipinski definition) is 6. The quantitative estimate of drug-likeness (QED) is 0.349. The number of fused-ring (bicyclic) bond motifs is 3. The van der Waals surface area contributed by atoms with E-state index in [9.17, 15) is 13.2 Å². The van der Waals surface area contributed by atoms with E-state index in [-0.39, 0.29) is 18.1 Å². The highest BCUT2D eigenvalue weighted by Gasteiger charge is 2.39. The van der Waals surface area contributed by atoms with Crippen molar-refractivity contribution >= 4 is 16.4 Å². The minimum absolute atomic E-state index is 0.0188. The Balaban J connectivity index is 1.18. The van der Waals surface area contributed by atoms with Crippen molar-refractivity contribution in [2.45, 2.75) is 37.7 Å². The lowest BCUT2D eigenvalue weighted by atomic mass is 10.1. The number of nitrogens with one attached hydrogen (secondary N) is 1. The van der Waals surface area contributed by atoms with E-state index in [1.165, 1.54) is 5.56 Å². The Morgan fingerprint density at radius 2 is 1.64 bits per heavy atom. The van der Waals surface area contributed by atoms with Crippen molar-refractivity contribution in [3.8, 4) is 5.88 Å². The van der Waals surface area contributed by atoms with Gasteiger partial charge in [0.1, 0.15) is 6.61 Å². The maximum Gasteiger partial charge on any atom is 0.453 e. The van der Waals surface area contributed by atoms with Gasteiger partial charge in [-0.25, -0.2) is 0 Å². The molecule has 0 aliphatic heterocycles. The van der Waals surface area contributed by atoms with Crippen LogP contribution >= 0.6 is 0 Å². The van der Waals surface area contributed by atoms with Gasteiger partial charge in [0.2, 0.25) is 5.88 Å². The number of hydrogen-bond donors (Lipinski definition) is 1. The molecule has 1 unspecified atom stereocenters. The molecule has 1 saturated carbocycles. The van der Waals surface area contributed by atoms with Gasteiger partial charge in [-0.15, -0.1) is 15.3 Å². The molecule has 7 nitrogen and oxygen atoms in total. The third kappa shape index (κ3) is 4.35. The van der Waals surface area contributed by atoms with Crippen molar-refractivity contribution < 1.29 is 17.9 Å². The zero-order chi connectivity index (χ0) is 24.7. The lowest BCUT2D eigenvalue weighted by molar-refractivity contribution is -0.146. The molecule has 0 bridgehead atoms. The van der Waals surface area contributed by atoms with Crippen molar-refractivity contribution in [2.75, 3.05) is 0 Å². The summed E-state index contributed by atoms with van der Waals surface area (Å²) in [4.78, 5) is 4.65. The molecule has 0 saturated heterocycles. The van der Waals surface area contributed by atoms with E-state index in [1.807, 2.05) is 24.3 Å². The maximum absolute atomic E-state index is 13.4. The monoisotopic (exact) mass is 490 g/mol. The molecular formula is C26H21F3N6O. The molecule has 10 heteroatoms. The molecule has 1 aliphatic rings. The molecule has 1 aliphatic carbocycles. The third-order valence-corrected chi connectivity index (χ3v) is 6.27. The van der Waals surface area contributed by atoms with E-state index < -0.39 is 12.0 Å². The summed E-state index contributed by atoms with van der Waals surface area (Å²) in [5.74, 6) is -0.628. The number of nitrogens with zero attached hydrogens (tertiary/aromatic N) is 5. The van der Waals surface area contributed by atoms with Gasteiger partial charge in [-0.1, -0.05) is 54.6 Å². The van der Waals surface area contributed by atoms with E-state index in [4.69, 9.17) is 4.74 Å². The summed E-state index contributed by atoms with van der Waals surface area (Å²) in [5.41, 5.74) is 2.87. The van der Waals surface area contributed by atoms with Gasteiger partial charge in [-0.3, -0.25) is 4.98 Å². The average molecular weight is 490 g/mol. The topological polar surface area (TPSA) is 77.2 Å². The zero-order valence-electron chi connectivity index (χ0n) is 19.0. The van der Waals surface area contributed by atoms with Crippen LogP contribution in [0.3, 0.4) is 0 Å². The predicted molar refractivity (Wildman–Crippen MR) is 126 cm³/mol. The molecule has 2 atom stereocenters. The van der Waals surface area contributed by atoms with Crippen LogP contribution in [0, 0.1) is 0 Å². The fourth-order valence-electron chi connectivity index (χ4n) is 4.41. The first-order valence-corrected chi connectivity index (χ1v) is 11.5. The van der Waals surface area contributed by atoms with Crippen molar-refractivity contribution in [2.24, 2.45) is 0 Å². The molecule has 2 aromatic carbocycles. The highest BCUT2D eigenvalue weighted by molar-refractivity contribution is 5.96. The summed E-state index contributed by atoms with van der Waals surface area (Å²) in [6.07, 6.45) is -3.60. The Kier molecular flexibility index (Phi) is 5.52. The number of alkyl halides is 3. The van der Waals surface area contributed by atoms with Gasteiger partial charge < -0.3 is 10.1 Å². The predicted octanol–water partition coefficient (Wildman–Crippen LogP) is 4.92. The van der Waals surface area contributed by atoms with Crippen LogP contribution in [-0.2, 0) is 19.3 Å². The van der Waals surface area contributed by atoms with Gasteiger partial charge in [-0.05, 0) is 30.2 Å². The second-order valence-electron chi connectivity index (χ2n) is 8.76. The molecule has 3 aromatic heterocycles. The highest BCUT2D eigenvalue weighted by atomic mass is 19.4.